The van der Waals surface area contributed by atoms with Crippen LogP contribution in [-0.4, -0.2) is 41.9 Å². The average Bonchev–Trinajstić information content (AvgIpc) is 2.75. The van der Waals surface area contributed by atoms with Crippen molar-refractivity contribution < 1.29 is 22.4 Å². The van der Waals surface area contributed by atoms with Crippen molar-refractivity contribution in [1.29, 1.82) is 0 Å². The molecule has 0 unspecified atom stereocenters. The SMILES string of the molecule is CN1C(=O)C[C@H]2CCN(Cc3cccc(C(F)(F)F)c3F)C[C@H]21. The van der Waals surface area contributed by atoms with E-state index < -0.39 is 17.6 Å². The van der Waals surface area contributed by atoms with Gasteiger partial charge in [0.25, 0.3) is 0 Å². The molecule has 0 N–H and O–H groups in total. The maximum absolute atomic E-state index is 14.1. The minimum atomic E-state index is -4.69. The predicted octanol–water partition coefficient (Wildman–Crippen LogP) is 2.90. The number of nitrogens with zero attached hydrogens (tertiary/aromatic N) is 2. The molecule has 2 saturated heterocycles. The van der Waals surface area contributed by atoms with Crippen LogP contribution in [0.3, 0.4) is 0 Å². The number of amides is 1. The number of benzene rings is 1. The second-order valence-corrected chi connectivity index (χ2v) is 6.34. The highest BCUT2D eigenvalue weighted by Crippen LogP contribution is 2.34. The molecule has 2 fully saturated rings. The molecule has 0 spiro atoms. The summed E-state index contributed by atoms with van der Waals surface area (Å²) in [7, 11) is 1.75. The van der Waals surface area contributed by atoms with Gasteiger partial charge >= 0.3 is 6.18 Å². The molecule has 2 atom stereocenters. The molecule has 2 aliphatic heterocycles. The minimum absolute atomic E-state index is 0.0465. The zero-order valence-corrected chi connectivity index (χ0v) is 12.7. The van der Waals surface area contributed by atoms with E-state index in [4.69, 9.17) is 0 Å². The number of carbonyl (C=O) groups excluding carboxylic acids is 1. The summed E-state index contributed by atoms with van der Waals surface area (Å²) < 4.78 is 52.5. The van der Waals surface area contributed by atoms with Gasteiger partial charge in [0.1, 0.15) is 5.82 Å². The lowest BCUT2D eigenvalue weighted by Crippen LogP contribution is -2.47. The highest BCUT2D eigenvalue weighted by molar-refractivity contribution is 5.79. The summed E-state index contributed by atoms with van der Waals surface area (Å²) in [6, 6.07) is 3.46. The van der Waals surface area contributed by atoms with Crippen molar-refractivity contribution in [3.8, 4) is 0 Å². The van der Waals surface area contributed by atoms with Crippen LogP contribution >= 0.6 is 0 Å². The molecule has 23 heavy (non-hydrogen) atoms. The van der Waals surface area contributed by atoms with E-state index in [1.54, 1.807) is 11.9 Å². The number of carbonyl (C=O) groups is 1. The van der Waals surface area contributed by atoms with E-state index in [9.17, 15) is 22.4 Å². The Hall–Kier alpha value is -1.63. The number of fused-ring (bicyclic) bond motifs is 1. The summed E-state index contributed by atoms with van der Waals surface area (Å²) in [6.07, 6.45) is -3.35. The van der Waals surface area contributed by atoms with Gasteiger partial charge in [0.15, 0.2) is 0 Å². The summed E-state index contributed by atoms with van der Waals surface area (Å²) in [5.41, 5.74) is -1.18. The molecular weight excluding hydrogens is 312 g/mol. The van der Waals surface area contributed by atoms with E-state index in [0.717, 1.165) is 12.5 Å². The second-order valence-electron chi connectivity index (χ2n) is 6.34. The zero-order chi connectivity index (χ0) is 16.8. The summed E-state index contributed by atoms with van der Waals surface area (Å²) in [6.45, 7) is 1.36. The molecule has 0 aromatic heterocycles. The number of rotatable bonds is 2. The van der Waals surface area contributed by atoms with Gasteiger partial charge in [0.2, 0.25) is 5.91 Å². The highest BCUT2D eigenvalue weighted by atomic mass is 19.4. The van der Waals surface area contributed by atoms with Crippen LogP contribution in [0.1, 0.15) is 24.0 Å². The number of likely N-dealkylation sites (N-methyl/N-ethyl adjacent to an activating group) is 1. The van der Waals surface area contributed by atoms with Crippen LogP contribution in [0.25, 0.3) is 0 Å². The van der Waals surface area contributed by atoms with Crippen LogP contribution in [0.15, 0.2) is 18.2 Å². The number of hydrogen-bond donors (Lipinski definition) is 0. The first-order valence-corrected chi connectivity index (χ1v) is 7.60. The monoisotopic (exact) mass is 330 g/mol. The molecule has 3 nitrogen and oxygen atoms in total. The van der Waals surface area contributed by atoms with Crippen LogP contribution < -0.4 is 0 Å². The van der Waals surface area contributed by atoms with E-state index in [1.807, 2.05) is 4.90 Å². The first kappa shape index (κ1) is 16.2. The van der Waals surface area contributed by atoms with Gasteiger partial charge in [-0.25, -0.2) is 4.39 Å². The van der Waals surface area contributed by atoms with Crippen LogP contribution in [0.4, 0.5) is 17.6 Å². The molecule has 7 heteroatoms. The molecule has 1 aromatic rings. The Labute approximate surface area is 131 Å². The van der Waals surface area contributed by atoms with Crippen molar-refractivity contribution in [3.63, 3.8) is 0 Å². The van der Waals surface area contributed by atoms with Gasteiger partial charge in [-0.2, -0.15) is 13.2 Å². The van der Waals surface area contributed by atoms with Crippen LogP contribution in [0.2, 0.25) is 0 Å². The first-order valence-electron chi connectivity index (χ1n) is 7.60. The minimum Gasteiger partial charge on any atom is -0.341 e. The Morgan fingerprint density at radius 3 is 2.74 bits per heavy atom. The third-order valence-corrected chi connectivity index (χ3v) is 4.91. The summed E-state index contributed by atoms with van der Waals surface area (Å²) in [5, 5.41) is 0. The van der Waals surface area contributed by atoms with Crippen LogP contribution in [0.5, 0.6) is 0 Å². The van der Waals surface area contributed by atoms with E-state index in [2.05, 4.69) is 0 Å². The molecular formula is C16H18F4N2O. The van der Waals surface area contributed by atoms with Crippen LogP contribution in [-0.2, 0) is 17.5 Å². The Morgan fingerprint density at radius 2 is 2.04 bits per heavy atom. The maximum atomic E-state index is 14.1. The van der Waals surface area contributed by atoms with E-state index in [-0.39, 0.29) is 24.1 Å². The fourth-order valence-electron chi connectivity index (χ4n) is 3.58. The fourth-order valence-corrected chi connectivity index (χ4v) is 3.58. The molecule has 126 valence electrons. The summed E-state index contributed by atoms with van der Waals surface area (Å²) >= 11 is 0. The van der Waals surface area contributed by atoms with Crippen LogP contribution in [0, 0.1) is 11.7 Å². The van der Waals surface area contributed by atoms with E-state index >= 15 is 0 Å². The highest BCUT2D eigenvalue weighted by Gasteiger charge is 2.41. The first-order chi connectivity index (χ1) is 10.8. The lowest BCUT2D eigenvalue weighted by Gasteiger charge is -2.37. The molecule has 0 radical (unpaired) electrons. The Balaban J connectivity index is 1.75. The number of alkyl halides is 3. The third-order valence-electron chi connectivity index (χ3n) is 4.91. The average molecular weight is 330 g/mol. The Morgan fingerprint density at radius 1 is 1.30 bits per heavy atom. The van der Waals surface area contributed by atoms with Gasteiger partial charge < -0.3 is 4.90 Å². The Kier molecular flexibility index (Phi) is 4.08. The van der Waals surface area contributed by atoms with Crippen molar-refractivity contribution in [2.75, 3.05) is 20.1 Å². The lowest BCUT2D eigenvalue weighted by atomic mass is 9.92. The zero-order valence-electron chi connectivity index (χ0n) is 12.7. The van der Waals surface area contributed by atoms with Gasteiger partial charge in [-0.15, -0.1) is 0 Å². The smallest absolute Gasteiger partial charge is 0.341 e. The predicted molar refractivity (Wildman–Crippen MR) is 76.0 cm³/mol. The quantitative estimate of drug-likeness (QED) is 0.779. The molecule has 2 aliphatic rings. The molecule has 1 amide bonds. The standard InChI is InChI=1S/C16H18F4N2O/c1-21-13-9-22(6-5-10(13)7-14(21)23)8-11-3-2-4-12(15(11)17)16(18,19)20/h2-4,10,13H,5-9H2,1H3/t10-,13-/m1/s1. The molecule has 0 aliphatic carbocycles. The van der Waals surface area contributed by atoms with Crippen molar-refractivity contribution in [2.24, 2.45) is 5.92 Å². The van der Waals surface area contributed by atoms with E-state index in [1.165, 1.54) is 12.1 Å². The molecule has 2 heterocycles. The second kappa shape index (κ2) is 5.78. The maximum Gasteiger partial charge on any atom is 0.419 e. The van der Waals surface area contributed by atoms with Gasteiger partial charge in [-0.05, 0) is 24.9 Å². The normalized spacial score (nSPS) is 25.8. The topological polar surface area (TPSA) is 23.6 Å². The van der Waals surface area contributed by atoms with Gasteiger partial charge in [-0.3, -0.25) is 9.69 Å². The number of halogens is 4. The fraction of sp³-hybridized carbons (Fsp3) is 0.562. The molecule has 3 rings (SSSR count). The van der Waals surface area contributed by atoms with Gasteiger partial charge in [0, 0.05) is 38.2 Å². The largest absolute Gasteiger partial charge is 0.419 e. The van der Waals surface area contributed by atoms with Crippen molar-refractivity contribution in [3.05, 3.63) is 35.1 Å². The molecule has 0 saturated carbocycles. The summed E-state index contributed by atoms with van der Waals surface area (Å²) in [5.74, 6) is -0.791. The number of hydrogen-bond acceptors (Lipinski definition) is 2. The third kappa shape index (κ3) is 3.06. The summed E-state index contributed by atoms with van der Waals surface area (Å²) in [4.78, 5) is 15.4. The van der Waals surface area contributed by atoms with Gasteiger partial charge in [-0.1, -0.05) is 12.1 Å². The Bertz CT molecular complexity index is 617. The lowest BCUT2D eigenvalue weighted by molar-refractivity contribution is -0.140. The van der Waals surface area contributed by atoms with Crippen molar-refractivity contribution >= 4 is 5.91 Å². The van der Waals surface area contributed by atoms with E-state index in [0.29, 0.717) is 25.4 Å². The van der Waals surface area contributed by atoms with Crippen molar-refractivity contribution in [1.82, 2.24) is 9.80 Å². The number of likely N-dealkylation sites (tertiary alicyclic amines) is 2. The molecule has 1 aromatic carbocycles. The molecule has 0 bridgehead atoms. The number of piperidine rings is 1. The van der Waals surface area contributed by atoms with Crippen molar-refractivity contribution in [2.45, 2.75) is 31.6 Å². The van der Waals surface area contributed by atoms with Gasteiger partial charge in [0.05, 0.1) is 5.56 Å².